The molecule has 6 N–H and O–H groups in total. The zero-order valence-electron chi connectivity index (χ0n) is 33.5. The first kappa shape index (κ1) is 47.4. The van der Waals surface area contributed by atoms with Crippen molar-refractivity contribution in [3.8, 4) is 0 Å². The maximum atomic E-state index is 14.0. The van der Waals surface area contributed by atoms with Crippen molar-refractivity contribution in [3.63, 3.8) is 0 Å². The number of nitrogens with zero attached hydrogens (tertiary/aromatic N) is 2. The Morgan fingerprint density at radius 1 is 0.828 bits per heavy atom. The summed E-state index contributed by atoms with van der Waals surface area (Å²) in [5.41, 5.74) is 0.0177. The van der Waals surface area contributed by atoms with Crippen LogP contribution in [0.3, 0.4) is 0 Å². The van der Waals surface area contributed by atoms with Crippen molar-refractivity contribution in [2.24, 2.45) is 17.8 Å². The fourth-order valence-corrected chi connectivity index (χ4v) is 7.75. The Balaban J connectivity index is 1.73. The Bertz CT molecular complexity index is 1880. The van der Waals surface area contributed by atoms with Gasteiger partial charge in [0.25, 0.3) is 27.7 Å². The lowest BCUT2D eigenvalue weighted by atomic mass is 9.84. The average molecular weight is 847 g/mol. The first-order valence-corrected chi connectivity index (χ1v) is 21.4. The molecule has 1 aromatic carbocycles. The fraction of sp³-hybridized carbons (Fsp3) is 0.564. The molecule has 6 amide bonds. The molecule has 1 aromatic heterocycles. The third-order valence-electron chi connectivity index (χ3n) is 9.87. The molecule has 0 saturated heterocycles. The number of halogens is 1. The van der Waals surface area contributed by atoms with Crippen molar-refractivity contribution in [1.82, 2.24) is 41.3 Å². The highest BCUT2D eigenvalue weighted by atomic mass is 35.5. The van der Waals surface area contributed by atoms with Gasteiger partial charge >= 0.3 is 0 Å². The van der Waals surface area contributed by atoms with E-state index in [0.717, 1.165) is 38.2 Å². The van der Waals surface area contributed by atoms with Crippen LogP contribution in [0, 0.1) is 17.8 Å². The number of hydrogen-bond donors (Lipinski definition) is 6. The lowest BCUT2D eigenvalue weighted by molar-refractivity contribution is -0.141. The molecule has 3 rings (SSSR count). The molecule has 0 aliphatic heterocycles. The second kappa shape index (κ2) is 22.8. The Morgan fingerprint density at radius 3 is 2.10 bits per heavy atom. The van der Waals surface area contributed by atoms with E-state index in [0.29, 0.717) is 6.42 Å². The highest BCUT2D eigenvalue weighted by Gasteiger charge is 2.35. The van der Waals surface area contributed by atoms with E-state index in [-0.39, 0.29) is 46.7 Å². The molecule has 19 heteroatoms. The fourth-order valence-electron chi connectivity index (χ4n) is 6.47. The number of rotatable bonds is 21. The summed E-state index contributed by atoms with van der Waals surface area (Å²) in [6.07, 6.45) is 9.55. The summed E-state index contributed by atoms with van der Waals surface area (Å²) >= 11 is 5.85. The number of nitrogens with one attached hydrogen (secondary N) is 6. The normalized spacial score (nSPS) is 15.8. The molecule has 1 aliphatic carbocycles. The topological polar surface area (TPSA) is 252 Å². The van der Waals surface area contributed by atoms with E-state index in [4.69, 9.17) is 11.6 Å². The van der Waals surface area contributed by atoms with Gasteiger partial charge in [-0.1, -0.05) is 90.8 Å². The van der Waals surface area contributed by atoms with Gasteiger partial charge in [0.2, 0.25) is 23.5 Å². The lowest BCUT2D eigenvalue weighted by Gasteiger charge is -2.31. The molecule has 58 heavy (non-hydrogen) atoms. The minimum Gasteiger partial charge on any atom is -0.344 e. The van der Waals surface area contributed by atoms with E-state index < -0.39 is 87.9 Å². The van der Waals surface area contributed by atoms with E-state index in [1.54, 1.807) is 18.6 Å². The molecule has 1 saturated carbocycles. The minimum absolute atomic E-state index is 0.0123. The van der Waals surface area contributed by atoms with Crippen molar-refractivity contribution in [3.05, 3.63) is 53.6 Å². The number of ketones is 1. The summed E-state index contributed by atoms with van der Waals surface area (Å²) in [6, 6.07) is 0.562. The van der Waals surface area contributed by atoms with Gasteiger partial charge < -0.3 is 26.6 Å². The number of benzene rings is 1. The first-order valence-electron chi connectivity index (χ1n) is 19.6. The Labute approximate surface area is 344 Å². The maximum absolute atomic E-state index is 14.0. The molecule has 17 nitrogen and oxygen atoms in total. The molecule has 1 aliphatic rings. The van der Waals surface area contributed by atoms with Crippen LogP contribution in [-0.4, -0.2) is 90.3 Å². The van der Waals surface area contributed by atoms with Gasteiger partial charge in [-0.2, -0.15) is 0 Å². The van der Waals surface area contributed by atoms with Crippen LogP contribution in [0.5, 0.6) is 0 Å². The Morgan fingerprint density at radius 2 is 1.50 bits per heavy atom. The van der Waals surface area contributed by atoms with E-state index in [9.17, 15) is 42.0 Å². The van der Waals surface area contributed by atoms with Crippen molar-refractivity contribution in [2.45, 2.75) is 121 Å². The van der Waals surface area contributed by atoms with E-state index in [1.807, 2.05) is 20.8 Å². The second-order valence-electron chi connectivity index (χ2n) is 14.9. The zero-order valence-corrected chi connectivity index (χ0v) is 35.1. The average Bonchev–Trinajstić information content (AvgIpc) is 3.20. The van der Waals surface area contributed by atoms with Gasteiger partial charge in [0.05, 0.1) is 23.7 Å². The Hall–Kier alpha value is -4.97. The van der Waals surface area contributed by atoms with Crippen LogP contribution in [0.4, 0.5) is 0 Å². The van der Waals surface area contributed by atoms with Crippen molar-refractivity contribution >= 4 is 62.9 Å². The quantitative estimate of drug-likeness (QED) is 0.0995. The standard InChI is InChI=1S/C39H55ClN8O9S/c1-6-24(5)33(47-36(52)29(18-23(3)4)45-37(53)31-21-41-16-17-42-31)38(54)46-30(19-25-12-9-8-10-13-25)35(51)44-28(7-2)34(50)39(55)43-22-32(49)48-58(56,57)27-15-11-14-26(40)20-27/h11,14-17,20-21,23-25,28-30,33H,6-10,12-13,18-19,22H2,1-5H3,(H,43,55)(H,44,51)(H,45,53)(H,46,54)(H,47,52)(H,48,49)/t24-,28?,29-,30-,33-/m0/s1. The van der Waals surface area contributed by atoms with Crippen molar-refractivity contribution < 1.29 is 42.0 Å². The van der Waals surface area contributed by atoms with E-state index in [1.165, 1.54) is 36.8 Å². The van der Waals surface area contributed by atoms with Crippen LogP contribution >= 0.6 is 11.6 Å². The van der Waals surface area contributed by atoms with Crippen LogP contribution < -0.4 is 31.3 Å². The summed E-state index contributed by atoms with van der Waals surface area (Å²) < 4.78 is 26.9. The summed E-state index contributed by atoms with van der Waals surface area (Å²) in [5, 5.41) is 13.1. The molecular weight excluding hydrogens is 792 g/mol. The molecular formula is C39H55ClN8O9S. The van der Waals surface area contributed by atoms with Gasteiger partial charge in [-0.05, 0) is 55.2 Å². The van der Waals surface area contributed by atoms with Gasteiger partial charge in [-0.3, -0.25) is 38.5 Å². The molecule has 0 spiro atoms. The molecule has 1 fully saturated rings. The zero-order chi connectivity index (χ0) is 43.0. The second-order valence-corrected chi connectivity index (χ2v) is 17.0. The highest BCUT2D eigenvalue weighted by Crippen LogP contribution is 2.28. The molecule has 2 aromatic rings. The van der Waals surface area contributed by atoms with Crippen LogP contribution in [0.15, 0.2) is 47.8 Å². The van der Waals surface area contributed by atoms with Gasteiger partial charge in [0.1, 0.15) is 23.8 Å². The highest BCUT2D eigenvalue weighted by molar-refractivity contribution is 7.90. The number of carbonyl (C=O) groups excluding carboxylic acids is 7. The molecule has 1 heterocycles. The summed E-state index contributed by atoms with van der Waals surface area (Å²) in [5.74, 6) is -6.36. The van der Waals surface area contributed by atoms with Crippen LogP contribution in [0.25, 0.3) is 0 Å². The summed E-state index contributed by atoms with van der Waals surface area (Å²) in [4.78, 5) is 101. The van der Waals surface area contributed by atoms with Crippen LogP contribution in [0.2, 0.25) is 5.02 Å². The van der Waals surface area contributed by atoms with Crippen molar-refractivity contribution in [2.75, 3.05) is 6.54 Å². The molecule has 1 unspecified atom stereocenters. The lowest BCUT2D eigenvalue weighted by Crippen LogP contribution is -2.60. The molecule has 0 radical (unpaired) electrons. The third-order valence-corrected chi connectivity index (χ3v) is 11.5. The number of carbonyl (C=O) groups is 7. The van der Waals surface area contributed by atoms with Crippen LogP contribution in [0.1, 0.15) is 103 Å². The largest absolute Gasteiger partial charge is 0.344 e. The predicted molar refractivity (Wildman–Crippen MR) is 214 cm³/mol. The van der Waals surface area contributed by atoms with Gasteiger partial charge in [-0.15, -0.1) is 0 Å². The van der Waals surface area contributed by atoms with E-state index >= 15 is 0 Å². The molecule has 318 valence electrons. The number of amides is 6. The monoisotopic (exact) mass is 846 g/mol. The molecule has 0 bridgehead atoms. The predicted octanol–water partition coefficient (Wildman–Crippen LogP) is 2.35. The molecule has 5 atom stereocenters. The van der Waals surface area contributed by atoms with Gasteiger partial charge in [0.15, 0.2) is 0 Å². The van der Waals surface area contributed by atoms with Gasteiger partial charge in [0, 0.05) is 17.4 Å². The number of sulfonamides is 1. The number of hydrogen-bond acceptors (Lipinski definition) is 11. The maximum Gasteiger partial charge on any atom is 0.290 e. The summed E-state index contributed by atoms with van der Waals surface area (Å²) in [6.45, 7) is 8.07. The minimum atomic E-state index is -4.32. The van der Waals surface area contributed by atoms with Crippen LogP contribution in [-0.2, 0) is 38.8 Å². The summed E-state index contributed by atoms with van der Waals surface area (Å²) in [7, 11) is -4.32. The smallest absolute Gasteiger partial charge is 0.290 e. The van der Waals surface area contributed by atoms with Crippen molar-refractivity contribution in [1.29, 1.82) is 0 Å². The number of Topliss-reactive ketones (excluding diaryl/α,β-unsaturated/α-hetero) is 1. The van der Waals surface area contributed by atoms with Gasteiger partial charge in [-0.25, -0.2) is 18.1 Å². The third kappa shape index (κ3) is 14.8. The number of aromatic nitrogens is 2. The SMILES string of the molecule is CCC(NC(=O)[C@H](CC1CCCCC1)NC(=O)[C@@H](NC(=O)[C@H](CC(C)C)NC(=O)c1cnccn1)[C@@H](C)CC)C(=O)C(=O)NCC(=O)NS(=O)(=O)c1cccc(Cl)c1. The Kier molecular flexibility index (Phi) is 18.7. The van der Waals surface area contributed by atoms with E-state index in [2.05, 4.69) is 36.6 Å². The first-order chi connectivity index (χ1) is 27.4.